The molecule has 0 radical (unpaired) electrons. The Kier molecular flexibility index (Phi) is 5.55. The van der Waals surface area contributed by atoms with Crippen LogP contribution in [0, 0.1) is 12.3 Å². The molecule has 4 nitrogen and oxygen atoms in total. The molecular weight excluding hydrogens is 348 g/mol. The van der Waals surface area contributed by atoms with Crippen molar-refractivity contribution in [2.75, 3.05) is 26.2 Å². The van der Waals surface area contributed by atoms with E-state index in [2.05, 4.69) is 24.0 Å². The zero-order valence-corrected chi connectivity index (χ0v) is 17.2. The van der Waals surface area contributed by atoms with Crippen LogP contribution in [0.4, 0.5) is 4.79 Å². The van der Waals surface area contributed by atoms with E-state index < -0.39 is 5.60 Å². The average Bonchev–Trinajstić information content (AvgIpc) is 2.92. The van der Waals surface area contributed by atoms with Crippen LogP contribution < -0.4 is 0 Å². The summed E-state index contributed by atoms with van der Waals surface area (Å²) in [5.74, 6) is 0. The molecule has 1 spiro atoms. The van der Waals surface area contributed by atoms with Gasteiger partial charge in [-0.15, -0.1) is 0 Å². The van der Waals surface area contributed by atoms with Gasteiger partial charge in [-0.1, -0.05) is 17.7 Å². The van der Waals surface area contributed by atoms with Crippen LogP contribution in [0.3, 0.4) is 0 Å². The van der Waals surface area contributed by atoms with Gasteiger partial charge in [-0.3, -0.25) is 4.90 Å². The third kappa shape index (κ3) is 4.72. The number of halogens is 1. The van der Waals surface area contributed by atoms with Crippen molar-refractivity contribution in [2.24, 2.45) is 5.41 Å². The lowest BCUT2D eigenvalue weighted by molar-refractivity contribution is 0.0109. The van der Waals surface area contributed by atoms with Gasteiger partial charge < -0.3 is 9.64 Å². The largest absolute Gasteiger partial charge is 0.444 e. The number of nitrogens with zero attached hydrogens (tertiary/aromatic N) is 2. The summed E-state index contributed by atoms with van der Waals surface area (Å²) in [7, 11) is 0. The first-order valence-electron chi connectivity index (χ1n) is 9.61. The lowest BCUT2D eigenvalue weighted by Crippen LogP contribution is -2.46. The fraction of sp³-hybridized carbons (Fsp3) is 0.667. The molecule has 2 aliphatic rings. The Morgan fingerprint density at radius 1 is 1.19 bits per heavy atom. The number of carbonyl (C=O) groups is 1. The molecule has 144 valence electrons. The molecular formula is C21H31ClN2O2. The maximum atomic E-state index is 12.3. The van der Waals surface area contributed by atoms with Crippen LogP contribution >= 0.6 is 11.6 Å². The summed E-state index contributed by atoms with van der Waals surface area (Å²) in [6.45, 7) is 12.7. The van der Waals surface area contributed by atoms with E-state index in [1.54, 1.807) is 0 Å². The minimum Gasteiger partial charge on any atom is -0.444 e. The Balaban J connectivity index is 1.54. The number of hydrogen-bond donors (Lipinski definition) is 0. The molecule has 2 heterocycles. The van der Waals surface area contributed by atoms with Crippen molar-refractivity contribution in [3.63, 3.8) is 0 Å². The molecule has 0 unspecified atom stereocenters. The van der Waals surface area contributed by atoms with E-state index >= 15 is 0 Å². The molecule has 2 fully saturated rings. The summed E-state index contributed by atoms with van der Waals surface area (Å²) in [5.41, 5.74) is 2.55. The summed E-state index contributed by atoms with van der Waals surface area (Å²) >= 11 is 6.17. The van der Waals surface area contributed by atoms with Gasteiger partial charge in [0, 0.05) is 31.2 Å². The molecule has 2 aliphatic heterocycles. The first-order chi connectivity index (χ1) is 12.2. The van der Waals surface area contributed by atoms with Crippen LogP contribution in [0.15, 0.2) is 18.2 Å². The van der Waals surface area contributed by atoms with Crippen molar-refractivity contribution in [1.29, 1.82) is 0 Å². The third-order valence-corrected chi connectivity index (χ3v) is 5.93. The van der Waals surface area contributed by atoms with Crippen molar-refractivity contribution < 1.29 is 9.53 Å². The third-order valence-electron chi connectivity index (χ3n) is 5.70. The van der Waals surface area contributed by atoms with Crippen LogP contribution in [0.2, 0.25) is 5.02 Å². The number of ether oxygens (including phenoxy) is 1. The topological polar surface area (TPSA) is 32.8 Å². The van der Waals surface area contributed by atoms with E-state index in [1.807, 2.05) is 31.7 Å². The molecule has 0 atom stereocenters. The van der Waals surface area contributed by atoms with E-state index in [4.69, 9.17) is 16.3 Å². The Hall–Kier alpha value is -1.26. The van der Waals surface area contributed by atoms with Gasteiger partial charge in [0.2, 0.25) is 0 Å². The van der Waals surface area contributed by atoms with E-state index in [9.17, 15) is 4.79 Å². The van der Waals surface area contributed by atoms with Crippen LogP contribution in [-0.4, -0.2) is 47.7 Å². The van der Waals surface area contributed by atoms with E-state index in [0.717, 1.165) is 50.6 Å². The lowest BCUT2D eigenvalue weighted by Gasteiger charge is -2.39. The molecule has 0 aromatic heterocycles. The van der Waals surface area contributed by atoms with Gasteiger partial charge >= 0.3 is 6.09 Å². The van der Waals surface area contributed by atoms with Crippen molar-refractivity contribution in [3.05, 3.63) is 34.3 Å². The monoisotopic (exact) mass is 378 g/mol. The summed E-state index contributed by atoms with van der Waals surface area (Å²) in [4.78, 5) is 16.7. The second-order valence-electron chi connectivity index (χ2n) is 9.00. The van der Waals surface area contributed by atoms with Crippen molar-refractivity contribution >= 4 is 17.7 Å². The van der Waals surface area contributed by atoms with Gasteiger partial charge in [0.1, 0.15) is 5.60 Å². The maximum absolute atomic E-state index is 12.3. The first kappa shape index (κ1) is 19.5. The molecule has 1 amide bonds. The van der Waals surface area contributed by atoms with Crippen molar-refractivity contribution in [2.45, 2.75) is 59.1 Å². The number of hydrogen-bond acceptors (Lipinski definition) is 3. The molecule has 0 aliphatic carbocycles. The van der Waals surface area contributed by atoms with E-state index in [-0.39, 0.29) is 6.09 Å². The number of likely N-dealkylation sites (tertiary alicyclic amines) is 2. The normalized spacial score (nSPS) is 20.6. The van der Waals surface area contributed by atoms with Crippen LogP contribution in [0.25, 0.3) is 0 Å². The van der Waals surface area contributed by atoms with Crippen molar-refractivity contribution in [1.82, 2.24) is 9.80 Å². The quantitative estimate of drug-likeness (QED) is 0.735. The Labute approximate surface area is 162 Å². The molecule has 1 aromatic rings. The molecule has 26 heavy (non-hydrogen) atoms. The predicted octanol–water partition coefficient (Wildman–Crippen LogP) is 4.87. The fourth-order valence-electron chi connectivity index (χ4n) is 4.11. The van der Waals surface area contributed by atoms with Gasteiger partial charge in [0.25, 0.3) is 0 Å². The SMILES string of the molecule is Cc1ccc(Cl)cc1CN1CCC2(CCN(C(=O)OC(C)(C)C)CC2)C1. The predicted molar refractivity (Wildman–Crippen MR) is 106 cm³/mol. The van der Waals surface area contributed by atoms with E-state index in [0.29, 0.717) is 5.41 Å². The molecule has 1 aromatic carbocycles. The average molecular weight is 379 g/mol. The Bertz CT molecular complexity index is 660. The molecule has 0 bridgehead atoms. The summed E-state index contributed by atoms with van der Waals surface area (Å²) < 4.78 is 5.52. The smallest absolute Gasteiger partial charge is 0.410 e. The molecule has 5 heteroatoms. The van der Waals surface area contributed by atoms with Gasteiger partial charge in [-0.2, -0.15) is 0 Å². The van der Waals surface area contributed by atoms with Gasteiger partial charge in [0.15, 0.2) is 0 Å². The molecule has 0 N–H and O–H groups in total. The number of amides is 1. The van der Waals surface area contributed by atoms with Gasteiger partial charge in [-0.05, 0) is 82.2 Å². The zero-order valence-electron chi connectivity index (χ0n) is 16.5. The highest BCUT2D eigenvalue weighted by Gasteiger charge is 2.41. The minimum atomic E-state index is -0.425. The van der Waals surface area contributed by atoms with Gasteiger partial charge in [0.05, 0.1) is 0 Å². The van der Waals surface area contributed by atoms with Gasteiger partial charge in [-0.25, -0.2) is 4.79 Å². The standard InChI is InChI=1S/C21H31ClN2O2/c1-16-5-6-18(22)13-17(16)14-23-10-7-21(15-23)8-11-24(12-9-21)19(25)26-20(2,3)4/h5-6,13H,7-12,14-15H2,1-4H3. The fourth-order valence-corrected chi connectivity index (χ4v) is 4.31. The molecule has 3 rings (SSSR count). The Morgan fingerprint density at radius 3 is 2.50 bits per heavy atom. The highest BCUT2D eigenvalue weighted by Crippen LogP contribution is 2.41. The van der Waals surface area contributed by atoms with Crippen molar-refractivity contribution in [3.8, 4) is 0 Å². The second kappa shape index (κ2) is 7.40. The maximum Gasteiger partial charge on any atom is 0.410 e. The number of rotatable bonds is 2. The van der Waals surface area contributed by atoms with Crippen LogP contribution in [0.5, 0.6) is 0 Å². The number of piperidine rings is 1. The molecule has 2 saturated heterocycles. The Morgan fingerprint density at radius 2 is 1.85 bits per heavy atom. The summed E-state index contributed by atoms with van der Waals surface area (Å²) in [6.07, 6.45) is 3.18. The second-order valence-corrected chi connectivity index (χ2v) is 9.44. The highest BCUT2D eigenvalue weighted by atomic mass is 35.5. The lowest BCUT2D eigenvalue weighted by atomic mass is 9.78. The highest BCUT2D eigenvalue weighted by molar-refractivity contribution is 6.30. The minimum absolute atomic E-state index is 0.170. The summed E-state index contributed by atoms with van der Waals surface area (Å²) in [5, 5.41) is 0.810. The van der Waals surface area contributed by atoms with Crippen LogP contribution in [0.1, 0.15) is 51.2 Å². The number of benzene rings is 1. The van der Waals surface area contributed by atoms with E-state index in [1.165, 1.54) is 17.5 Å². The molecule has 0 saturated carbocycles. The first-order valence-corrected chi connectivity index (χ1v) is 9.99. The van der Waals surface area contributed by atoms with Crippen LogP contribution in [-0.2, 0) is 11.3 Å². The summed E-state index contributed by atoms with van der Waals surface area (Å²) in [6, 6.07) is 6.15. The number of carbonyl (C=O) groups excluding carboxylic acids is 1. The number of aryl methyl sites for hydroxylation is 1. The zero-order chi connectivity index (χ0) is 18.9.